The molecule has 0 amide bonds. The van der Waals surface area contributed by atoms with Gasteiger partial charge in [-0.2, -0.15) is 0 Å². The molecule has 348 valence electrons. The second-order valence-corrected chi connectivity index (χ2v) is 16.9. The molecule has 8 atom stereocenters. The number of carbonyl (C=O) groups is 3. The van der Waals surface area contributed by atoms with Gasteiger partial charge in [-0.15, -0.1) is 0 Å². The highest BCUT2D eigenvalue weighted by Crippen LogP contribution is 2.43. The Hall–Kier alpha value is -3.20. The lowest BCUT2D eigenvalue weighted by Gasteiger charge is -2.21. The Labute approximate surface area is 364 Å². The molecule has 15 heteroatoms. The van der Waals surface area contributed by atoms with Crippen LogP contribution in [-0.4, -0.2) is 93.5 Å². The summed E-state index contributed by atoms with van der Waals surface area (Å²) in [7, 11) is -4.80. The molecule has 1 fully saturated rings. The summed E-state index contributed by atoms with van der Waals surface area (Å²) in [5.74, 6) is -3.00. The van der Waals surface area contributed by atoms with E-state index in [0.717, 1.165) is 64.2 Å². The lowest BCUT2D eigenvalue weighted by atomic mass is 9.88. The number of esters is 2. The van der Waals surface area contributed by atoms with E-state index in [9.17, 15) is 39.2 Å². The van der Waals surface area contributed by atoms with Gasteiger partial charge >= 0.3 is 25.7 Å². The first-order chi connectivity index (χ1) is 29.3. The molecule has 14 nitrogen and oxygen atoms in total. The number of ether oxygens (including phenoxy) is 2. The number of hydrogen-bond donors (Lipinski definition) is 6. The van der Waals surface area contributed by atoms with Gasteiger partial charge in [0.15, 0.2) is 6.10 Å². The van der Waals surface area contributed by atoms with Gasteiger partial charge in [-0.05, 0) is 70.1 Å². The number of nitrogens with two attached hydrogens (primary N) is 1. The molecule has 0 heterocycles. The fourth-order valence-electron chi connectivity index (χ4n) is 6.55. The maximum Gasteiger partial charge on any atom is 0.472 e. The van der Waals surface area contributed by atoms with E-state index < -0.39 is 76.0 Å². The fourth-order valence-corrected chi connectivity index (χ4v) is 7.33. The number of hydrogen-bond acceptors (Lipinski definition) is 12. The number of carboxylic acid groups (broad SMARTS) is 1. The lowest BCUT2D eigenvalue weighted by molar-refractivity contribution is -0.161. The monoisotopic (exact) mass is 882 g/mol. The summed E-state index contributed by atoms with van der Waals surface area (Å²) in [6.45, 7) is 2.30. The summed E-state index contributed by atoms with van der Waals surface area (Å²) >= 11 is 0. The SMILES string of the molecule is CC/C=C\C/C=C\C/C=C\C/C=C\C/C=C\CCCC(=O)OC[C@H](COP(=O)(O)OC[C@H](N)C(=O)O)OC(=O)CCCCCC[C@@H]1[C@@H](/C=C/[C@@H](O)CCCCC)[C@H](O)C[C@@H]1O. The van der Waals surface area contributed by atoms with Crippen molar-refractivity contribution in [3.05, 3.63) is 72.9 Å². The van der Waals surface area contributed by atoms with Crippen molar-refractivity contribution in [3.63, 3.8) is 0 Å². The van der Waals surface area contributed by atoms with Gasteiger partial charge in [0.2, 0.25) is 0 Å². The molecule has 0 radical (unpaired) electrons. The van der Waals surface area contributed by atoms with Gasteiger partial charge in [0.1, 0.15) is 12.6 Å². The van der Waals surface area contributed by atoms with E-state index in [4.69, 9.17) is 24.8 Å². The summed E-state index contributed by atoms with van der Waals surface area (Å²) in [6, 6.07) is -1.57. The van der Waals surface area contributed by atoms with E-state index >= 15 is 0 Å². The number of aliphatic hydroxyl groups is 3. The predicted octanol–water partition coefficient (Wildman–Crippen LogP) is 8.10. The first-order valence-electron chi connectivity index (χ1n) is 22.2. The Bertz CT molecular complexity index is 1430. The second kappa shape index (κ2) is 35.3. The van der Waals surface area contributed by atoms with Gasteiger partial charge in [-0.3, -0.25) is 23.4 Å². The van der Waals surface area contributed by atoms with Gasteiger partial charge in [-0.1, -0.05) is 125 Å². The quantitative estimate of drug-likeness (QED) is 0.0151. The molecule has 0 aromatic heterocycles. The first kappa shape index (κ1) is 55.8. The molecule has 61 heavy (non-hydrogen) atoms. The molecule has 0 spiro atoms. The Morgan fingerprint density at radius 2 is 1.33 bits per heavy atom. The highest BCUT2D eigenvalue weighted by Gasteiger charge is 2.39. The highest BCUT2D eigenvalue weighted by atomic mass is 31.2. The predicted molar refractivity (Wildman–Crippen MR) is 237 cm³/mol. The van der Waals surface area contributed by atoms with Gasteiger partial charge < -0.3 is 40.5 Å². The minimum Gasteiger partial charge on any atom is -0.480 e. The molecule has 1 aliphatic carbocycles. The van der Waals surface area contributed by atoms with Crippen LogP contribution in [0.4, 0.5) is 0 Å². The van der Waals surface area contributed by atoms with Crippen LogP contribution >= 0.6 is 7.82 Å². The third-order valence-electron chi connectivity index (χ3n) is 10.0. The van der Waals surface area contributed by atoms with Crippen LogP contribution in [0.1, 0.15) is 136 Å². The third kappa shape index (κ3) is 29.7. The lowest BCUT2D eigenvalue weighted by Crippen LogP contribution is -2.34. The van der Waals surface area contributed by atoms with Crippen molar-refractivity contribution in [2.75, 3.05) is 19.8 Å². The van der Waals surface area contributed by atoms with Crippen LogP contribution in [0.5, 0.6) is 0 Å². The average Bonchev–Trinajstić information content (AvgIpc) is 3.49. The standard InChI is InChI=1S/C46H76NO13P/c1-3-5-7-8-9-10-11-12-13-14-15-16-17-18-19-20-25-29-44(51)57-34-38(35-58-61(55,56)59-36-41(47)46(53)54)60-45(52)30-26-22-21-24-28-39-40(43(50)33-42(39)49)32-31-37(48)27-23-6-4-2/h5,7,9-10,12-13,15-16,18-19,31-32,37-43,48-50H,3-4,6,8,11,14,17,20-30,33-36,47H2,1-2H3,(H,53,54)(H,55,56)/b7-5-,10-9-,13-12-,16-15-,19-18-,32-31+/t37-,38+,39+,40+,41-,42-,43+/m0/s1. The minimum absolute atomic E-state index is 0.0183. The summed E-state index contributed by atoms with van der Waals surface area (Å²) in [5.41, 5.74) is 5.33. The third-order valence-corrected chi connectivity index (χ3v) is 11.0. The van der Waals surface area contributed by atoms with E-state index in [1.165, 1.54) is 0 Å². The van der Waals surface area contributed by atoms with Gasteiger partial charge in [0.05, 0.1) is 31.5 Å². The van der Waals surface area contributed by atoms with E-state index in [1.54, 1.807) is 6.08 Å². The van der Waals surface area contributed by atoms with Crippen molar-refractivity contribution < 1.29 is 62.8 Å². The zero-order chi connectivity index (χ0) is 45.1. The maximum absolute atomic E-state index is 12.8. The minimum atomic E-state index is -4.80. The van der Waals surface area contributed by atoms with Crippen LogP contribution in [0.15, 0.2) is 72.9 Å². The molecule has 0 saturated heterocycles. The smallest absolute Gasteiger partial charge is 0.472 e. The molecular weight excluding hydrogens is 805 g/mol. The normalized spacial score (nSPS) is 21.0. The van der Waals surface area contributed by atoms with Crippen molar-refractivity contribution in [1.29, 1.82) is 0 Å². The van der Waals surface area contributed by atoms with Crippen LogP contribution in [0.3, 0.4) is 0 Å². The topological polar surface area (TPSA) is 232 Å². The molecule has 0 aromatic carbocycles. The average molecular weight is 882 g/mol. The number of unbranched alkanes of at least 4 members (excludes halogenated alkanes) is 6. The molecule has 0 aromatic rings. The van der Waals surface area contributed by atoms with E-state index in [2.05, 4.69) is 67.0 Å². The molecule has 1 aliphatic rings. The number of phosphoric acid groups is 1. The number of aliphatic hydroxyl groups excluding tert-OH is 3. The van der Waals surface area contributed by atoms with Gasteiger partial charge in [0, 0.05) is 25.2 Å². The number of carbonyl (C=O) groups excluding carboxylic acids is 2. The van der Waals surface area contributed by atoms with Crippen LogP contribution in [0, 0.1) is 11.8 Å². The van der Waals surface area contributed by atoms with Gasteiger partial charge in [-0.25, -0.2) is 4.57 Å². The van der Waals surface area contributed by atoms with Crippen LogP contribution < -0.4 is 5.73 Å². The Balaban J connectivity index is 2.52. The highest BCUT2D eigenvalue weighted by molar-refractivity contribution is 7.47. The molecule has 1 unspecified atom stereocenters. The van der Waals surface area contributed by atoms with E-state index in [1.807, 2.05) is 18.2 Å². The van der Waals surface area contributed by atoms with Gasteiger partial charge in [0.25, 0.3) is 0 Å². The Morgan fingerprint density at radius 1 is 0.738 bits per heavy atom. The zero-order valence-electron chi connectivity index (χ0n) is 36.6. The Morgan fingerprint density at radius 3 is 1.95 bits per heavy atom. The van der Waals surface area contributed by atoms with E-state index in [-0.39, 0.29) is 31.1 Å². The molecule has 0 bridgehead atoms. The molecular formula is C46H76NO13P. The molecule has 7 N–H and O–H groups in total. The number of phosphoric ester groups is 1. The van der Waals surface area contributed by atoms with E-state index in [0.29, 0.717) is 38.5 Å². The van der Waals surface area contributed by atoms with Crippen LogP contribution in [-0.2, 0) is 37.5 Å². The van der Waals surface area contributed by atoms with Crippen LogP contribution in [0.25, 0.3) is 0 Å². The summed E-state index contributed by atoms with van der Waals surface area (Å²) in [6.07, 6.45) is 34.7. The van der Waals surface area contributed by atoms with Crippen molar-refractivity contribution >= 4 is 25.7 Å². The van der Waals surface area contributed by atoms with Crippen molar-refractivity contribution in [1.82, 2.24) is 0 Å². The van der Waals surface area contributed by atoms with Crippen molar-refractivity contribution in [2.45, 2.75) is 166 Å². The zero-order valence-corrected chi connectivity index (χ0v) is 37.4. The second-order valence-electron chi connectivity index (χ2n) is 15.4. The largest absolute Gasteiger partial charge is 0.480 e. The molecule has 1 saturated carbocycles. The maximum atomic E-state index is 12.8. The summed E-state index contributed by atoms with van der Waals surface area (Å²) in [5, 5.41) is 40.3. The molecule has 1 rings (SSSR count). The fraction of sp³-hybridized carbons (Fsp3) is 0.674. The number of aliphatic carboxylic acids is 1. The Kier molecular flexibility index (Phi) is 32.3. The summed E-state index contributed by atoms with van der Waals surface area (Å²) in [4.78, 5) is 46.2. The van der Waals surface area contributed by atoms with Crippen LogP contribution in [0.2, 0.25) is 0 Å². The first-order valence-corrected chi connectivity index (χ1v) is 23.7. The number of rotatable bonds is 36. The number of carboxylic acids is 1. The molecule has 0 aliphatic heterocycles. The van der Waals surface area contributed by atoms with Crippen molar-refractivity contribution in [2.24, 2.45) is 17.6 Å². The number of allylic oxidation sites excluding steroid dienone is 10. The summed E-state index contributed by atoms with van der Waals surface area (Å²) < 4.78 is 32.7. The van der Waals surface area contributed by atoms with Crippen molar-refractivity contribution in [3.8, 4) is 0 Å².